The third kappa shape index (κ3) is 1.75. The Kier molecular flexibility index (Phi) is 2.80. The number of aliphatic hydroxyl groups excluding tert-OH is 1. The number of benzene rings is 1. The van der Waals surface area contributed by atoms with Crippen LogP contribution in [-0.2, 0) is 6.54 Å². The normalized spacial score (nSPS) is 13.2. The zero-order chi connectivity index (χ0) is 11.7. The highest BCUT2D eigenvalue weighted by molar-refractivity contribution is 5.79. The summed E-state index contributed by atoms with van der Waals surface area (Å²) in [7, 11) is 0. The fourth-order valence-electron chi connectivity index (χ4n) is 1.81. The van der Waals surface area contributed by atoms with Crippen LogP contribution in [0.2, 0.25) is 0 Å². The first-order valence-corrected chi connectivity index (χ1v) is 5.32. The van der Waals surface area contributed by atoms with Crippen molar-refractivity contribution in [2.45, 2.75) is 26.1 Å². The SMILES string of the molecule is CCCn1c(N)nc2cc(C(N)O)ccc21. The third-order valence-corrected chi connectivity index (χ3v) is 2.59. The van der Waals surface area contributed by atoms with Crippen LogP contribution in [-0.4, -0.2) is 14.7 Å². The van der Waals surface area contributed by atoms with Crippen LogP contribution in [0.5, 0.6) is 0 Å². The molecule has 1 aromatic heterocycles. The minimum atomic E-state index is -0.970. The largest absolute Gasteiger partial charge is 0.375 e. The molecule has 16 heavy (non-hydrogen) atoms. The fourth-order valence-corrected chi connectivity index (χ4v) is 1.81. The molecule has 0 aliphatic heterocycles. The van der Waals surface area contributed by atoms with Crippen LogP contribution < -0.4 is 11.5 Å². The number of hydrogen-bond acceptors (Lipinski definition) is 4. The average Bonchev–Trinajstić information content (AvgIpc) is 2.55. The number of imidazole rings is 1. The number of fused-ring (bicyclic) bond motifs is 1. The maximum atomic E-state index is 9.27. The van der Waals surface area contributed by atoms with Crippen molar-refractivity contribution in [1.82, 2.24) is 9.55 Å². The molecule has 0 bridgehead atoms. The van der Waals surface area contributed by atoms with Gasteiger partial charge in [0.15, 0.2) is 0 Å². The Hall–Kier alpha value is -1.59. The van der Waals surface area contributed by atoms with Gasteiger partial charge >= 0.3 is 0 Å². The van der Waals surface area contributed by atoms with Gasteiger partial charge in [-0.1, -0.05) is 13.0 Å². The molecule has 0 saturated heterocycles. The molecule has 0 spiro atoms. The van der Waals surface area contributed by atoms with E-state index in [2.05, 4.69) is 11.9 Å². The maximum absolute atomic E-state index is 9.27. The van der Waals surface area contributed by atoms with Crippen molar-refractivity contribution in [1.29, 1.82) is 0 Å². The van der Waals surface area contributed by atoms with Gasteiger partial charge in [-0.05, 0) is 24.1 Å². The van der Waals surface area contributed by atoms with Crippen LogP contribution in [0.25, 0.3) is 11.0 Å². The molecule has 1 unspecified atom stereocenters. The molecule has 5 heteroatoms. The van der Waals surface area contributed by atoms with E-state index in [4.69, 9.17) is 11.5 Å². The predicted molar refractivity (Wildman–Crippen MR) is 63.6 cm³/mol. The maximum Gasteiger partial charge on any atom is 0.201 e. The number of nitrogens with zero attached hydrogens (tertiary/aromatic N) is 2. The van der Waals surface area contributed by atoms with Crippen molar-refractivity contribution >= 4 is 17.0 Å². The van der Waals surface area contributed by atoms with Crippen molar-refractivity contribution < 1.29 is 5.11 Å². The number of hydrogen-bond donors (Lipinski definition) is 3. The molecule has 1 heterocycles. The Balaban J connectivity index is 2.56. The second kappa shape index (κ2) is 4.11. The van der Waals surface area contributed by atoms with Crippen molar-refractivity contribution in [3.05, 3.63) is 23.8 Å². The molecule has 5 nitrogen and oxygen atoms in total. The minimum Gasteiger partial charge on any atom is -0.375 e. The Labute approximate surface area is 93.7 Å². The Morgan fingerprint density at radius 2 is 2.25 bits per heavy atom. The lowest BCUT2D eigenvalue weighted by Gasteiger charge is -2.06. The molecule has 0 fully saturated rings. The number of nitrogen functional groups attached to an aromatic ring is 1. The van der Waals surface area contributed by atoms with Gasteiger partial charge in [0.05, 0.1) is 11.0 Å². The summed E-state index contributed by atoms with van der Waals surface area (Å²) >= 11 is 0. The molecule has 0 radical (unpaired) electrons. The van der Waals surface area contributed by atoms with E-state index >= 15 is 0 Å². The van der Waals surface area contributed by atoms with Crippen molar-refractivity contribution in [2.24, 2.45) is 5.73 Å². The Bertz CT molecular complexity index is 504. The topological polar surface area (TPSA) is 90.1 Å². The zero-order valence-electron chi connectivity index (χ0n) is 9.22. The van der Waals surface area contributed by atoms with E-state index in [1.54, 1.807) is 12.1 Å². The first-order valence-electron chi connectivity index (χ1n) is 5.32. The second-order valence-electron chi connectivity index (χ2n) is 3.81. The number of aryl methyl sites for hydroxylation is 1. The summed E-state index contributed by atoms with van der Waals surface area (Å²) in [5.41, 5.74) is 13.6. The molecule has 2 aromatic rings. The molecule has 1 atom stereocenters. The lowest BCUT2D eigenvalue weighted by molar-refractivity contribution is 0.186. The van der Waals surface area contributed by atoms with Gasteiger partial charge in [-0.2, -0.15) is 0 Å². The molecule has 0 aliphatic carbocycles. The van der Waals surface area contributed by atoms with Crippen LogP contribution in [0.4, 0.5) is 5.95 Å². The van der Waals surface area contributed by atoms with E-state index in [1.165, 1.54) is 0 Å². The summed E-state index contributed by atoms with van der Waals surface area (Å²) in [6.45, 7) is 2.93. The van der Waals surface area contributed by atoms with Crippen LogP contribution in [0, 0.1) is 0 Å². The van der Waals surface area contributed by atoms with E-state index in [0.29, 0.717) is 11.5 Å². The van der Waals surface area contributed by atoms with E-state index in [1.807, 2.05) is 10.6 Å². The molecule has 0 saturated carbocycles. The first-order chi connectivity index (χ1) is 7.63. The second-order valence-corrected chi connectivity index (χ2v) is 3.81. The predicted octanol–water partition coefficient (Wildman–Crippen LogP) is 0.978. The fraction of sp³-hybridized carbons (Fsp3) is 0.364. The van der Waals surface area contributed by atoms with Gasteiger partial charge in [-0.15, -0.1) is 0 Å². The van der Waals surface area contributed by atoms with E-state index < -0.39 is 6.23 Å². The number of rotatable bonds is 3. The summed E-state index contributed by atoms with van der Waals surface area (Å²) in [6.07, 6.45) is 0.0265. The lowest BCUT2D eigenvalue weighted by atomic mass is 10.2. The van der Waals surface area contributed by atoms with Crippen molar-refractivity contribution in [3.63, 3.8) is 0 Å². The van der Waals surface area contributed by atoms with Gasteiger partial charge < -0.3 is 21.1 Å². The van der Waals surface area contributed by atoms with E-state index in [0.717, 1.165) is 24.0 Å². The standard InChI is InChI=1S/C11H16N4O/c1-2-5-15-9-4-3-7(10(12)16)6-8(9)14-11(15)13/h3-4,6,10,16H,2,5,12H2,1H3,(H2,13,14). The molecule has 0 amide bonds. The Morgan fingerprint density at radius 1 is 1.50 bits per heavy atom. The smallest absolute Gasteiger partial charge is 0.201 e. The number of anilines is 1. The van der Waals surface area contributed by atoms with Gasteiger partial charge in [0.1, 0.15) is 6.23 Å². The Morgan fingerprint density at radius 3 is 2.88 bits per heavy atom. The number of aliphatic hydroxyl groups is 1. The quantitative estimate of drug-likeness (QED) is 0.672. The lowest BCUT2D eigenvalue weighted by Crippen LogP contribution is -2.08. The molecule has 1 aromatic carbocycles. The summed E-state index contributed by atoms with van der Waals surface area (Å²) in [6, 6.07) is 5.45. The van der Waals surface area contributed by atoms with Crippen LogP contribution >= 0.6 is 0 Å². The van der Waals surface area contributed by atoms with Crippen LogP contribution in [0.3, 0.4) is 0 Å². The first kappa shape index (κ1) is 10.9. The van der Waals surface area contributed by atoms with E-state index in [-0.39, 0.29) is 0 Å². The van der Waals surface area contributed by atoms with Crippen LogP contribution in [0.1, 0.15) is 25.1 Å². The molecule has 5 N–H and O–H groups in total. The van der Waals surface area contributed by atoms with Crippen molar-refractivity contribution in [3.8, 4) is 0 Å². The third-order valence-electron chi connectivity index (χ3n) is 2.59. The number of aromatic nitrogens is 2. The summed E-state index contributed by atoms with van der Waals surface area (Å²) in [5, 5.41) is 9.27. The monoisotopic (exact) mass is 220 g/mol. The molecular weight excluding hydrogens is 204 g/mol. The molecular formula is C11H16N4O. The highest BCUT2D eigenvalue weighted by Gasteiger charge is 2.09. The highest BCUT2D eigenvalue weighted by atomic mass is 16.3. The molecule has 0 aliphatic rings. The van der Waals surface area contributed by atoms with Gasteiger partial charge in [0.2, 0.25) is 5.95 Å². The molecule has 86 valence electrons. The van der Waals surface area contributed by atoms with Crippen molar-refractivity contribution in [2.75, 3.05) is 5.73 Å². The highest BCUT2D eigenvalue weighted by Crippen LogP contribution is 2.21. The summed E-state index contributed by atoms with van der Waals surface area (Å²) < 4.78 is 1.96. The van der Waals surface area contributed by atoms with Gasteiger partial charge in [-0.25, -0.2) is 4.98 Å². The van der Waals surface area contributed by atoms with Gasteiger partial charge in [0.25, 0.3) is 0 Å². The molecule has 2 rings (SSSR count). The van der Waals surface area contributed by atoms with Gasteiger partial charge in [-0.3, -0.25) is 0 Å². The van der Waals surface area contributed by atoms with Gasteiger partial charge in [0, 0.05) is 6.54 Å². The average molecular weight is 220 g/mol. The summed E-state index contributed by atoms with van der Waals surface area (Å²) in [4.78, 5) is 4.25. The number of nitrogens with two attached hydrogens (primary N) is 2. The summed E-state index contributed by atoms with van der Waals surface area (Å²) in [5.74, 6) is 0.500. The van der Waals surface area contributed by atoms with Crippen LogP contribution in [0.15, 0.2) is 18.2 Å². The minimum absolute atomic E-state index is 0.500. The van der Waals surface area contributed by atoms with E-state index in [9.17, 15) is 5.11 Å². The zero-order valence-corrected chi connectivity index (χ0v) is 9.22.